The van der Waals surface area contributed by atoms with Gasteiger partial charge in [-0.05, 0) is 30.7 Å². The Balaban J connectivity index is 1.87. The Hall–Kier alpha value is -2.15. The minimum atomic E-state index is 1.01. The molecule has 0 fully saturated rings. The predicted molar refractivity (Wildman–Crippen MR) is 72.5 cm³/mol. The Morgan fingerprint density at radius 3 is 2.35 bits per heavy atom. The van der Waals surface area contributed by atoms with Gasteiger partial charge in [-0.2, -0.15) is 0 Å². The first-order chi connectivity index (χ1) is 8.31. The smallest absolute Gasteiger partial charge is 0.0709 e. The molecule has 1 aromatic carbocycles. The molecule has 0 unspecified atom stereocenters. The zero-order valence-electron chi connectivity index (χ0n) is 9.72. The number of nitrogens with zero attached hydrogens (tertiary/aromatic N) is 1. The van der Waals surface area contributed by atoms with Gasteiger partial charge in [0.15, 0.2) is 0 Å². The van der Waals surface area contributed by atoms with Crippen LogP contribution >= 0.6 is 0 Å². The minimum absolute atomic E-state index is 1.01. The highest BCUT2D eigenvalue weighted by molar-refractivity contribution is 5.70. The molecule has 0 N–H and O–H groups in total. The molecule has 1 aromatic heterocycles. The molecule has 0 radical (unpaired) electrons. The standard InChI is InChI=1S/C16H13N/c1-12-2-4-13(5-3-12)6-9-15-10-7-14-8-11-16(14)17-15/h2-11H,1H3. The maximum absolute atomic E-state index is 4.52. The summed E-state index contributed by atoms with van der Waals surface area (Å²) >= 11 is 0. The first-order valence-corrected chi connectivity index (χ1v) is 5.75. The Kier molecular flexibility index (Phi) is 2.37. The lowest BCUT2D eigenvalue weighted by atomic mass is 10.1. The van der Waals surface area contributed by atoms with Crippen molar-refractivity contribution in [3.05, 3.63) is 63.8 Å². The van der Waals surface area contributed by atoms with Crippen molar-refractivity contribution in [1.29, 1.82) is 0 Å². The summed E-state index contributed by atoms with van der Waals surface area (Å²) in [5.41, 5.74) is 3.50. The maximum Gasteiger partial charge on any atom is 0.0709 e. The number of aryl methyl sites for hydroxylation is 1. The van der Waals surface area contributed by atoms with Crippen molar-refractivity contribution < 1.29 is 0 Å². The van der Waals surface area contributed by atoms with Gasteiger partial charge in [-0.3, -0.25) is 0 Å². The molecule has 3 rings (SSSR count). The van der Waals surface area contributed by atoms with E-state index in [1.807, 2.05) is 12.1 Å². The summed E-state index contributed by atoms with van der Waals surface area (Å²) in [6.07, 6.45) is 8.27. The van der Waals surface area contributed by atoms with Crippen molar-refractivity contribution in [1.82, 2.24) is 4.98 Å². The van der Waals surface area contributed by atoms with E-state index in [1.165, 1.54) is 16.3 Å². The molecular weight excluding hydrogens is 206 g/mol. The van der Waals surface area contributed by atoms with E-state index in [4.69, 9.17) is 0 Å². The number of fused-ring (bicyclic) bond motifs is 1. The summed E-state index contributed by atoms with van der Waals surface area (Å²) in [5, 5.41) is 2.33. The van der Waals surface area contributed by atoms with Gasteiger partial charge in [0.25, 0.3) is 0 Å². The molecule has 0 bridgehead atoms. The zero-order chi connectivity index (χ0) is 11.7. The van der Waals surface area contributed by atoms with Crippen LogP contribution in [0.3, 0.4) is 0 Å². The fourth-order valence-electron chi connectivity index (χ4n) is 1.80. The van der Waals surface area contributed by atoms with Crippen molar-refractivity contribution in [2.45, 2.75) is 6.92 Å². The quantitative estimate of drug-likeness (QED) is 0.754. The minimum Gasteiger partial charge on any atom is -0.248 e. The zero-order valence-corrected chi connectivity index (χ0v) is 9.72. The summed E-state index contributed by atoms with van der Waals surface area (Å²) in [6.45, 7) is 2.10. The third-order valence-corrected chi connectivity index (χ3v) is 2.92. The van der Waals surface area contributed by atoms with E-state index >= 15 is 0 Å². The first kappa shape index (κ1) is 10.0. The lowest BCUT2D eigenvalue weighted by Crippen LogP contribution is -2.33. The Labute approximate surface area is 100 Å². The molecule has 0 aliphatic heterocycles. The maximum atomic E-state index is 4.52. The highest BCUT2D eigenvalue weighted by atomic mass is 14.7. The van der Waals surface area contributed by atoms with Gasteiger partial charge in [0, 0.05) is 5.22 Å². The van der Waals surface area contributed by atoms with Crippen molar-refractivity contribution >= 4 is 24.3 Å². The van der Waals surface area contributed by atoms with Crippen LogP contribution in [0.15, 0.2) is 36.4 Å². The molecule has 0 atom stereocenters. The van der Waals surface area contributed by atoms with Crippen molar-refractivity contribution in [2.75, 3.05) is 0 Å². The highest BCUT2D eigenvalue weighted by Gasteiger charge is 1.95. The van der Waals surface area contributed by atoms with Crippen LogP contribution in [0.25, 0.3) is 24.3 Å². The van der Waals surface area contributed by atoms with Crippen LogP contribution in [0.5, 0.6) is 0 Å². The van der Waals surface area contributed by atoms with Gasteiger partial charge >= 0.3 is 0 Å². The summed E-state index contributed by atoms with van der Waals surface area (Å²) in [5.74, 6) is 0. The second-order valence-corrected chi connectivity index (χ2v) is 4.29. The largest absolute Gasteiger partial charge is 0.248 e. The second kappa shape index (κ2) is 4.02. The van der Waals surface area contributed by atoms with Gasteiger partial charge < -0.3 is 0 Å². The first-order valence-electron chi connectivity index (χ1n) is 5.75. The lowest BCUT2D eigenvalue weighted by Gasteiger charge is -1.99. The molecule has 1 heterocycles. The van der Waals surface area contributed by atoms with E-state index in [2.05, 4.69) is 60.5 Å². The van der Waals surface area contributed by atoms with Crippen LogP contribution in [-0.2, 0) is 0 Å². The number of benzene rings is 1. The normalized spacial score (nSPS) is 12.5. The van der Waals surface area contributed by atoms with Crippen LogP contribution < -0.4 is 10.6 Å². The SMILES string of the molecule is Cc1ccc(C=Cc2ccc3c(n2)=CC=3)cc1. The van der Waals surface area contributed by atoms with Gasteiger partial charge in [-0.15, -0.1) is 0 Å². The number of aromatic nitrogens is 1. The van der Waals surface area contributed by atoms with Gasteiger partial charge in [-0.25, -0.2) is 4.98 Å². The van der Waals surface area contributed by atoms with Crippen molar-refractivity contribution in [2.24, 2.45) is 0 Å². The van der Waals surface area contributed by atoms with Gasteiger partial charge in [-0.1, -0.05) is 48.0 Å². The molecule has 2 aromatic rings. The molecule has 0 saturated heterocycles. The fraction of sp³-hybridized carbons (Fsp3) is 0.0625. The number of rotatable bonds is 2. The number of hydrogen-bond acceptors (Lipinski definition) is 1. The van der Waals surface area contributed by atoms with Gasteiger partial charge in [0.1, 0.15) is 0 Å². The van der Waals surface area contributed by atoms with Crippen molar-refractivity contribution in [3.8, 4) is 0 Å². The Morgan fingerprint density at radius 2 is 1.71 bits per heavy atom. The third kappa shape index (κ3) is 2.04. The second-order valence-electron chi connectivity index (χ2n) is 4.29. The molecule has 1 aliphatic carbocycles. The van der Waals surface area contributed by atoms with Crippen LogP contribution in [0.1, 0.15) is 16.8 Å². The van der Waals surface area contributed by atoms with E-state index in [-0.39, 0.29) is 0 Å². The predicted octanol–water partition coefficient (Wildman–Crippen LogP) is 2.14. The molecule has 0 spiro atoms. The van der Waals surface area contributed by atoms with Crippen molar-refractivity contribution in [3.63, 3.8) is 0 Å². The van der Waals surface area contributed by atoms with Gasteiger partial charge in [0.05, 0.1) is 11.0 Å². The molecule has 1 aliphatic rings. The monoisotopic (exact) mass is 219 g/mol. The average Bonchev–Trinajstić information content (AvgIpc) is 2.31. The van der Waals surface area contributed by atoms with E-state index in [9.17, 15) is 0 Å². The molecule has 0 amide bonds. The fourth-order valence-corrected chi connectivity index (χ4v) is 1.80. The van der Waals surface area contributed by atoms with E-state index in [0.717, 1.165) is 11.0 Å². The third-order valence-electron chi connectivity index (χ3n) is 2.92. The van der Waals surface area contributed by atoms with Crippen LogP contribution in [-0.4, -0.2) is 4.98 Å². The lowest BCUT2D eigenvalue weighted by molar-refractivity contribution is 1.19. The van der Waals surface area contributed by atoms with Crippen LogP contribution in [0.4, 0.5) is 0 Å². The number of hydrogen-bond donors (Lipinski definition) is 0. The Bertz CT molecular complexity index is 691. The molecule has 82 valence electrons. The number of pyridine rings is 1. The summed E-state index contributed by atoms with van der Waals surface area (Å²) in [6, 6.07) is 12.6. The van der Waals surface area contributed by atoms with Crippen LogP contribution in [0.2, 0.25) is 0 Å². The highest BCUT2D eigenvalue weighted by Crippen LogP contribution is 2.07. The Morgan fingerprint density at radius 1 is 0.882 bits per heavy atom. The summed E-state index contributed by atoms with van der Waals surface area (Å²) in [7, 11) is 0. The summed E-state index contributed by atoms with van der Waals surface area (Å²) < 4.78 is 0. The molecular formula is C16H13N. The van der Waals surface area contributed by atoms with E-state index in [1.54, 1.807) is 0 Å². The molecule has 1 nitrogen and oxygen atoms in total. The topological polar surface area (TPSA) is 12.9 Å². The molecule has 17 heavy (non-hydrogen) atoms. The summed E-state index contributed by atoms with van der Waals surface area (Å²) in [4.78, 5) is 4.52. The van der Waals surface area contributed by atoms with E-state index < -0.39 is 0 Å². The van der Waals surface area contributed by atoms with Gasteiger partial charge in [0.2, 0.25) is 0 Å². The van der Waals surface area contributed by atoms with E-state index in [0.29, 0.717) is 0 Å². The average molecular weight is 219 g/mol. The van der Waals surface area contributed by atoms with Crippen LogP contribution in [0, 0.1) is 6.92 Å². The molecule has 1 heteroatoms. The molecule has 0 saturated carbocycles.